The smallest absolute Gasteiger partial charge is 0.324 e. The molecule has 216 valence electrons. The fourth-order valence-electron chi connectivity index (χ4n) is 3.57. The van der Waals surface area contributed by atoms with E-state index in [0.717, 1.165) is 23.8 Å². The van der Waals surface area contributed by atoms with E-state index in [0.29, 0.717) is 16.1 Å². The Hall–Kier alpha value is -4.06. The van der Waals surface area contributed by atoms with Crippen LogP contribution >= 0.6 is 34.7 Å². The monoisotopic (exact) mass is 629 g/mol. The van der Waals surface area contributed by atoms with Crippen molar-refractivity contribution in [3.05, 3.63) is 117 Å². The van der Waals surface area contributed by atoms with Crippen LogP contribution in [0.5, 0.6) is 0 Å². The summed E-state index contributed by atoms with van der Waals surface area (Å²) >= 11 is 8.61. The molecule has 0 aliphatic carbocycles. The Labute approximate surface area is 253 Å². The number of alkyl halides is 3. The second kappa shape index (κ2) is 13.7. The second-order valence-corrected chi connectivity index (χ2v) is 11.5. The third kappa shape index (κ3) is 8.48. The molecule has 6 nitrogen and oxygen atoms in total. The van der Waals surface area contributed by atoms with Gasteiger partial charge in [0.1, 0.15) is 5.70 Å². The Bertz CT molecular complexity index is 1590. The van der Waals surface area contributed by atoms with Gasteiger partial charge in [0.2, 0.25) is 5.91 Å². The number of amides is 3. The first-order valence-corrected chi connectivity index (χ1v) is 14.6. The maximum atomic E-state index is 13.1. The van der Waals surface area contributed by atoms with Gasteiger partial charge in [0.25, 0.3) is 11.8 Å². The fraction of sp³-hybridized carbons (Fsp3) is 0.100. The molecule has 0 aliphatic heterocycles. The van der Waals surface area contributed by atoms with Gasteiger partial charge in [-0.15, -0.1) is 11.8 Å². The lowest BCUT2D eigenvalue weighted by molar-refractivity contribution is -0.137. The topological polar surface area (TPSA) is 87.3 Å². The first-order chi connectivity index (χ1) is 20.0. The SMILES string of the molecule is CC(Sc1ccc(NC(=O)/C(=C/c2ccsc2)NC(=O)c2ccccc2)cc1)C(=O)Nc1cc(C(F)(F)F)ccc1Cl. The molecule has 1 atom stereocenters. The van der Waals surface area contributed by atoms with Crippen molar-refractivity contribution in [3.8, 4) is 0 Å². The third-order valence-electron chi connectivity index (χ3n) is 5.73. The van der Waals surface area contributed by atoms with Crippen molar-refractivity contribution < 1.29 is 27.6 Å². The summed E-state index contributed by atoms with van der Waals surface area (Å²) < 4.78 is 39.1. The minimum absolute atomic E-state index is 0.0129. The Morgan fingerprint density at radius 3 is 2.31 bits per heavy atom. The van der Waals surface area contributed by atoms with Gasteiger partial charge in [0.15, 0.2) is 0 Å². The molecular formula is C30H23ClF3N3O3S2. The molecule has 4 rings (SSSR count). The summed E-state index contributed by atoms with van der Waals surface area (Å²) in [5.41, 5.74) is 0.600. The molecule has 3 aromatic carbocycles. The van der Waals surface area contributed by atoms with E-state index in [-0.39, 0.29) is 16.4 Å². The number of carbonyl (C=O) groups is 3. The van der Waals surface area contributed by atoms with E-state index in [1.807, 2.05) is 16.8 Å². The molecule has 0 radical (unpaired) electrons. The Kier molecular flexibility index (Phi) is 10.1. The van der Waals surface area contributed by atoms with Crippen LogP contribution in [-0.4, -0.2) is 23.0 Å². The van der Waals surface area contributed by atoms with Crippen LogP contribution in [0.2, 0.25) is 5.02 Å². The van der Waals surface area contributed by atoms with Crippen molar-refractivity contribution in [1.29, 1.82) is 0 Å². The number of hydrogen-bond donors (Lipinski definition) is 3. The van der Waals surface area contributed by atoms with Crippen LogP contribution < -0.4 is 16.0 Å². The molecular weight excluding hydrogens is 607 g/mol. The maximum absolute atomic E-state index is 13.1. The normalized spacial score (nSPS) is 12.4. The van der Waals surface area contributed by atoms with Crippen molar-refractivity contribution >= 4 is 69.9 Å². The first-order valence-electron chi connectivity index (χ1n) is 12.4. The van der Waals surface area contributed by atoms with E-state index in [4.69, 9.17) is 11.6 Å². The molecule has 4 aromatic rings. The third-order valence-corrected chi connectivity index (χ3v) is 7.87. The molecule has 0 saturated carbocycles. The number of benzene rings is 3. The number of hydrogen-bond acceptors (Lipinski definition) is 5. The number of nitrogens with one attached hydrogen (secondary N) is 3. The highest BCUT2D eigenvalue weighted by atomic mass is 35.5. The Balaban J connectivity index is 1.40. The molecule has 0 saturated heterocycles. The second-order valence-electron chi connectivity index (χ2n) is 8.86. The van der Waals surface area contributed by atoms with Crippen LogP contribution in [-0.2, 0) is 15.8 Å². The molecule has 12 heteroatoms. The zero-order valence-corrected chi connectivity index (χ0v) is 24.3. The van der Waals surface area contributed by atoms with Crippen LogP contribution in [0, 0.1) is 0 Å². The highest BCUT2D eigenvalue weighted by Gasteiger charge is 2.31. The molecule has 3 N–H and O–H groups in total. The molecule has 0 aliphatic rings. The molecule has 1 aromatic heterocycles. The van der Waals surface area contributed by atoms with Gasteiger partial charge in [-0.2, -0.15) is 24.5 Å². The van der Waals surface area contributed by atoms with Crippen molar-refractivity contribution in [3.63, 3.8) is 0 Å². The van der Waals surface area contributed by atoms with Crippen molar-refractivity contribution in [2.45, 2.75) is 23.2 Å². The predicted molar refractivity (Wildman–Crippen MR) is 162 cm³/mol. The maximum Gasteiger partial charge on any atom is 0.416 e. The average Bonchev–Trinajstić information content (AvgIpc) is 3.48. The molecule has 0 spiro atoms. The van der Waals surface area contributed by atoms with Crippen LogP contribution in [0.1, 0.15) is 28.4 Å². The number of thioether (sulfide) groups is 1. The van der Waals surface area contributed by atoms with Gasteiger partial charge in [-0.05, 0) is 90.0 Å². The minimum Gasteiger partial charge on any atom is -0.324 e. The van der Waals surface area contributed by atoms with E-state index in [9.17, 15) is 27.6 Å². The summed E-state index contributed by atoms with van der Waals surface area (Å²) in [6.45, 7) is 1.61. The van der Waals surface area contributed by atoms with E-state index in [1.54, 1.807) is 67.6 Å². The van der Waals surface area contributed by atoms with Crippen LogP contribution in [0.25, 0.3) is 6.08 Å². The zero-order valence-electron chi connectivity index (χ0n) is 21.9. The Morgan fingerprint density at radius 1 is 0.952 bits per heavy atom. The summed E-state index contributed by atoms with van der Waals surface area (Å²) in [4.78, 5) is 39.2. The number of anilines is 2. The van der Waals surface area contributed by atoms with Crippen molar-refractivity contribution in [2.24, 2.45) is 0 Å². The predicted octanol–water partition coefficient (Wildman–Crippen LogP) is 7.95. The molecule has 1 heterocycles. The lowest BCUT2D eigenvalue weighted by Crippen LogP contribution is -2.30. The van der Waals surface area contributed by atoms with E-state index < -0.39 is 34.7 Å². The molecule has 1 unspecified atom stereocenters. The first kappa shape index (κ1) is 30.9. The van der Waals surface area contributed by atoms with E-state index >= 15 is 0 Å². The largest absolute Gasteiger partial charge is 0.416 e. The lowest BCUT2D eigenvalue weighted by atomic mass is 10.2. The van der Waals surface area contributed by atoms with Gasteiger partial charge >= 0.3 is 6.18 Å². The highest BCUT2D eigenvalue weighted by Crippen LogP contribution is 2.34. The van der Waals surface area contributed by atoms with Gasteiger partial charge in [0, 0.05) is 16.1 Å². The zero-order chi connectivity index (χ0) is 30.3. The lowest BCUT2D eigenvalue weighted by Gasteiger charge is -2.15. The van der Waals surface area contributed by atoms with Gasteiger partial charge in [-0.25, -0.2) is 0 Å². The highest BCUT2D eigenvalue weighted by molar-refractivity contribution is 8.00. The molecule has 3 amide bonds. The van der Waals surface area contributed by atoms with E-state index in [1.165, 1.54) is 23.1 Å². The van der Waals surface area contributed by atoms with Gasteiger partial charge in [-0.3, -0.25) is 14.4 Å². The van der Waals surface area contributed by atoms with Gasteiger partial charge in [-0.1, -0.05) is 29.8 Å². The van der Waals surface area contributed by atoms with Gasteiger partial charge < -0.3 is 16.0 Å². The van der Waals surface area contributed by atoms with Crippen LogP contribution in [0.15, 0.2) is 100 Å². The number of halogens is 4. The molecule has 0 bridgehead atoms. The summed E-state index contributed by atoms with van der Waals surface area (Å²) in [5.74, 6) is -1.50. The van der Waals surface area contributed by atoms with Crippen molar-refractivity contribution in [1.82, 2.24) is 5.32 Å². The summed E-state index contributed by atoms with van der Waals surface area (Å²) in [6, 6.07) is 19.7. The van der Waals surface area contributed by atoms with Crippen LogP contribution in [0.4, 0.5) is 24.5 Å². The van der Waals surface area contributed by atoms with Gasteiger partial charge in [0.05, 0.1) is 21.5 Å². The standard InChI is InChI=1S/C30H23ClF3N3O3S2/c1-18(27(38)36-25-16-21(30(32,33)34)7-12-24(25)31)42-23-10-8-22(9-11-23)35-29(40)26(15-19-13-14-41-17-19)37-28(39)20-5-3-2-4-6-20/h2-18H,1H3,(H,35,40)(H,36,38)(H,37,39)/b26-15-. The number of thiophene rings is 1. The molecule has 42 heavy (non-hydrogen) atoms. The van der Waals surface area contributed by atoms with Crippen molar-refractivity contribution in [2.75, 3.05) is 10.6 Å². The number of rotatable bonds is 9. The Morgan fingerprint density at radius 2 is 1.67 bits per heavy atom. The quantitative estimate of drug-likeness (QED) is 0.130. The number of carbonyl (C=O) groups excluding carboxylic acids is 3. The minimum atomic E-state index is -4.57. The summed E-state index contributed by atoms with van der Waals surface area (Å²) in [7, 11) is 0. The fourth-order valence-corrected chi connectivity index (χ4v) is 5.22. The summed E-state index contributed by atoms with van der Waals surface area (Å²) in [5, 5.41) is 10.9. The average molecular weight is 630 g/mol. The van der Waals surface area contributed by atoms with E-state index in [2.05, 4.69) is 16.0 Å². The molecule has 0 fully saturated rings. The van der Waals surface area contributed by atoms with Crippen LogP contribution in [0.3, 0.4) is 0 Å². The summed E-state index contributed by atoms with van der Waals surface area (Å²) in [6.07, 6.45) is -3.00.